The number of carbonyl (C=O) groups is 1. The van der Waals surface area contributed by atoms with Crippen LogP contribution in [0.1, 0.15) is 16.1 Å². The maximum Gasteiger partial charge on any atom is 0.338 e. The van der Waals surface area contributed by atoms with Gasteiger partial charge < -0.3 is 15.4 Å². The van der Waals surface area contributed by atoms with E-state index in [-0.39, 0.29) is 12.2 Å². The molecule has 0 bridgehead atoms. The number of hydrogen-bond donors (Lipinski definition) is 3. The van der Waals surface area contributed by atoms with Crippen LogP contribution in [0.5, 0.6) is 0 Å². The predicted octanol–water partition coefficient (Wildman–Crippen LogP) is 2.00. The number of nitrogens with one attached hydrogen (secondary N) is 2. The first-order valence-electron chi connectivity index (χ1n) is 5.01. The molecule has 0 spiro atoms. The van der Waals surface area contributed by atoms with Crippen LogP contribution in [-0.4, -0.2) is 21.0 Å². The van der Waals surface area contributed by atoms with Crippen LogP contribution in [0.4, 0.5) is 14.5 Å². The van der Waals surface area contributed by atoms with Crippen molar-refractivity contribution in [2.75, 3.05) is 5.32 Å². The van der Waals surface area contributed by atoms with Gasteiger partial charge >= 0.3 is 5.97 Å². The lowest BCUT2D eigenvalue weighted by atomic mass is 10.1. The Morgan fingerprint density at radius 2 is 2.17 bits per heavy atom. The summed E-state index contributed by atoms with van der Waals surface area (Å²) in [6, 6.07) is 1.46. The Morgan fingerprint density at radius 1 is 1.39 bits per heavy atom. The lowest BCUT2D eigenvalue weighted by molar-refractivity contribution is 0.0692. The van der Waals surface area contributed by atoms with Gasteiger partial charge in [0.05, 0.1) is 29.8 Å². The number of anilines is 1. The van der Waals surface area contributed by atoms with Gasteiger partial charge in [-0.2, -0.15) is 0 Å². The molecule has 18 heavy (non-hydrogen) atoms. The fraction of sp³-hybridized carbons (Fsp3) is 0.0909. The Balaban J connectivity index is 2.22. The molecule has 1 aromatic carbocycles. The van der Waals surface area contributed by atoms with Crippen LogP contribution in [0.25, 0.3) is 0 Å². The summed E-state index contributed by atoms with van der Waals surface area (Å²) in [5, 5.41) is 11.4. The number of imidazole rings is 1. The monoisotopic (exact) mass is 253 g/mol. The highest BCUT2D eigenvalue weighted by atomic mass is 19.1. The smallest absolute Gasteiger partial charge is 0.338 e. The summed E-state index contributed by atoms with van der Waals surface area (Å²) in [6.07, 6.45) is 2.99. The molecule has 0 saturated carbocycles. The Kier molecular flexibility index (Phi) is 3.22. The third-order valence-electron chi connectivity index (χ3n) is 2.31. The number of aromatic nitrogens is 2. The molecule has 1 heterocycles. The van der Waals surface area contributed by atoms with Gasteiger partial charge in [-0.15, -0.1) is 0 Å². The van der Waals surface area contributed by atoms with Crippen molar-refractivity contribution in [2.24, 2.45) is 0 Å². The number of carboxylic acids is 1. The summed E-state index contributed by atoms with van der Waals surface area (Å²) < 4.78 is 26.5. The maximum atomic E-state index is 13.4. The molecule has 94 valence electrons. The fourth-order valence-corrected chi connectivity index (χ4v) is 1.42. The molecule has 0 unspecified atom stereocenters. The molecule has 0 aliphatic carbocycles. The zero-order valence-corrected chi connectivity index (χ0v) is 9.08. The zero-order valence-electron chi connectivity index (χ0n) is 9.08. The van der Waals surface area contributed by atoms with Gasteiger partial charge in [0.15, 0.2) is 0 Å². The number of benzene rings is 1. The van der Waals surface area contributed by atoms with E-state index >= 15 is 0 Å². The van der Waals surface area contributed by atoms with Gasteiger partial charge in [0.25, 0.3) is 0 Å². The van der Waals surface area contributed by atoms with Crippen molar-refractivity contribution in [1.82, 2.24) is 9.97 Å². The highest BCUT2D eigenvalue weighted by Crippen LogP contribution is 2.20. The van der Waals surface area contributed by atoms with E-state index in [1.165, 1.54) is 12.5 Å². The van der Waals surface area contributed by atoms with Crippen LogP contribution in [0.2, 0.25) is 0 Å². The standard InChI is InChI=1S/C11H9F2N3O2/c12-8-2-9(13)10(1-7(8)11(17)18)15-4-6-3-14-5-16-6/h1-3,5,15H,4H2,(H,14,16)(H,17,18). The summed E-state index contributed by atoms with van der Waals surface area (Å²) in [5.74, 6) is -3.40. The topological polar surface area (TPSA) is 78.0 Å². The molecule has 3 N–H and O–H groups in total. The van der Waals surface area contributed by atoms with Gasteiger partial charge in [0.1, 0.15) is 11.6 Å². The minimum atomic E-state index is -1.45. The maximum absolute atomic E-state index is 13.4. The van der Waals surface area contributed by atoms with Gasteiger partial charge in [0.2, 0.25) is 0 Å². The number of hydrogen-bond acceptors (Lipinski definition) is 3. The molecule has 0 aliphatic rings. The molecule has 0 amide bonds. The van der Waals surface area contributed by atoms with E-state index in [2.05, 4.69) is 15.3 Å². The summed E-state index contributed by atoms with van der Waals surface area (Å²) in [6.45, 7) is 0.224. The summed E-state index contributed by atoms with van der Waals surface area (Å²) in [5.41, 5.74) is 0.0301. The van der Waals surface area contributed by atoms with Gasteiger partial charge in [-0.1, -0.05) is 0 Å². The second kappa shape index (κ2) is 4.82. The number of aromatic amines is 1. The molecule has 0 aliphatic heterocycles. The van der Waals surface area contributed by atoms with Crippen molar-refractivity contribution in [3.8, 4) is 0 Å². The molecule has 1 aromatic heterocycles. The third-order valence-corrected chi connectivity index (χ3v) is 2.31. The predicted molar refractivity (Wildman–Crippen MR) is 59.2 cm³/mol. The lowest BCUT2D eigenvalue weighted by Gasteiger charge is -2.08. The molecule has 2 aromatic rings. The summed E-state index contributed by atoms with van der Waals surface area (Å²) >= 11 is 0. The Bertz CT molecular complexity index is 570. The summed E-state index contributed by atoms with van der Waals surface area (Å²) in [7, 11) is 0. The van der Waals surface area contributed by atoms with E-state index in [4.69, 9.17) is 5.11 Å². The zero-order chi connectivity index (χ0) is 13.1. The van der Waals surface area contributed by atoms with Crippen molar-refractivity contribution in [2.45, 2.75) is 6.54 Å². The van der Waals surface area contributed by atoms with Crippen LogP contribution in [-0.2, 0) is 6.54 Å². The number of nitrogens with zero attached hydrogens (tertiary/aromatic N) is 1. The van der Waals surface area contributed by atoms with Crippen molar-refractivity contribution in [3.05, 3.63) is 47.5 Å². The average molecular weight is 253 g/mol. The van der Waals surface area contributed by atoms with Gasteiger partial charge in [-0.05, 0) is 6.07 Å². The Hall–Kier alpha value is -2.44. The normalized spacial score (nSPS) is 10.3. The Morgan fingerprint density at radius 3 is 2.78 bits per heavy atom. The first kappa shape index (κ1) is 12.0. The average Bonchev–Trinajstić information content (AvgIpc) is 2.80. The lowest BCUT2D eigenvalue weighted by Crippen LogP contribution is -2.06. The molecule has 2 rings (SSSR count). The van der Waals surface area contributed by atoms with Crippen LogP contribution in [0, 0.1) is 11.6 Å². The largest absolute Gasteiger partial charge is 0.478 e. The molecule has 0 atom stereocenters. The molecule has 5 nitrogen and oxygen atoms in total. The SMILES string of the molecule is O=C(O)c1cc(NCc2cnc[nH]2)c(F)cc1F. The van der Waals surface area contributed by atoms with Crippen LogP contribution in [0.15, 0.2) is 24.7 Å². The van der Waals surface area contributed by atoms with Crippen molar-refractivity contribution < 1.29 is 18.7 Å². The molecule has 0 saturated heterocycles. The molecule has 0 radical (unpaired) electrons. The van der Waals surface area contributed by atoms with E-state index in [0.717, 1.165) is 6.07 Å². The second-order valence-electron chi connectivity index (χ2n) is 3.55. The van der Waals surface area contributed by atoms with Crippen molar-refractivity contribution >= 4 is 11.7 Å². The molecular weight excluding hydrogens is 244 g/mol. The summed E-state index contributed by atoms with van der Waals surface area (Å²) in [4.78, 5) is 17.3. The highest BCUT2D eigenvalue weighted by Gasteiger charge is 2.15. The molecule has 7 heteroatoms. The number of carboxylic acid groups (broad SMARTS) is 1. The van der Waals surface area contributed by atoms with Crippen molar-refractivity contribution in [1.29, 1.82) is 0 Å². The third kappa shape index (κ3) is 2.45. The molecular formula is C11H9F2N3O2. The Labute approximate surface area is 100 Å². The quantitative estimate of drug-likeness (QED) is 0.778. The fourth-order valence-electron chi connectivity index (χ4n) is 1.42. The van der Waals surface area contributed by atoms with Crippen LogP contribution < -0.4 is 5.32 Å². The van der Waals surface area contributed by atoms with E-state index in [0.29, 0.717) is 11.8 Å². The minimum absolute atomic E-state index is 0.0802. The van der Waals surface area contributed by atoms with Gasteiger partial charge in [0, 0.05) is 12.3 Å². The first-order valence-corrected chi connectivity index (χ1v) is 5.01. The first-order chi connectivity index (χ1) is 8.58. The van der Waals surface area contributed by atoms with E-state index in [1.54, 1.807) is 0 Å². The molecule has 0 fully saturated rings. The number of H-pyrrole nitrogens is 1. The highest BCUT2D eigenvalue weighted by molar-refractivity contribution is 5.89. The van der Waals surface area contributed by atoms with Gasteiger partial charge in [-0.25, -0.2) is 18.6 Å². The minimum Gasteiger partial charge on any atom is -0.478 e. The van der Waals surface area contributed by atoms with Crippen LogP contribution in [0.3, 0.4) is 0 Å². The van der Waals surface area contributed by atoms with E-state index in [1.807, 2.05) is 0 Å². The van der Waals surface area contributed by atoms with Gasteiger partial charge in [-0.3, -0.25) is 0 Å². The van der Waals surface area contributed by atoms with E-state index < -0.39 is 23.2 Å². The number of aromatic carboxylic acids is 1. The number of halogens is 2. The second-order valence-corrected chi connectivity index (χ2v) is 3.55. The van der Waals surface area contributed by atoms with Crippen LogP contribution >= 0.6 is 0 Å². The van der Waals surface area contributed by atoms with E-state index in [9.17, 15) is 13.6 Å². The van der Waals surface area contributed by atoms with Crippen molar-refractivity contribution in [3.63, 3.8) is 0 Å². The number of rotatable bonds is 4.